The van der Waals surface area contributed by atoms with Crippen LogP contribution in [0.3, 0.4) is 0 Å². The van der Waals surface area contributed by atoms with E-state index in [4.69, 9.17) is 0 Å². The van der Waals surface area contributed by atoms with Crippen molar-refractivity contribution in [2.24, 2.45) is 0 Å². The summed E-state index contributed by atoms with van der Waals surface area (Å²) in [5.41, 5.74) is 1.28. The van der Waals surface area contributed by atoms with Crippen molar-refractivity contribution in [3.8, 4) is 0 Å². The molecule has 0 saturated heterocycles. The summed E-state index contributed by atoms with van der Waals surface area (Å²) in [6, 6.07) is 8.55. The number of aliphatic hydroxyl groups is 1. The first-order valence-electron chi connectivity index (χ1n) is 7.21. The highest BCUT2D eigenvalue weighted by Crippen LogP contribution is 2.27. The van der Waals surface area contributed by atoms with Gasteiger partial charge in [-0.1, -0.05) is 43.0 Å². The molecule has 0 spiro atoms. The molecule has 0 aliphatic heterocycles. The van der Waals surface area contributed by atoms with Crippen molar-refractivity contribution < 1.29 is 5.11 Å². The van der Waals surface area contributed by atoms with Crippen molar-refractivity contribution in [3.63, 3.8) is 0 Å². The summed E-state index contributed by atoms with van der Waals surface area (Å²) in [6.07, 6.45) is 9.21. The fourth-order valence-corrected chi connectivity index (χ4v) is 3.05. The summed E-state index contributed by atoms with van der Waals surface area (Å²) in [6.45, 7) is 6.10. The summed E-state index contributed by atoms with van der Waals surface area (Å²) >= 11 is 1.80. The molecule has 0 aliphatic carbocycles. The molecule has 0 aromatic heterocycles. The lowest BCUT2D eigenvalue weighted by atomic mass is 10.1. The van der Waals surface area contributed by atoms with Gasteiger partial charge in [0, 0.05) is 10.1 Å². The van der Waals surface area contributed by atoms with Gasteiger partial charge in [0.05, 0.1) is 6.61 Å². The Hall–Kier alpha value is -0.730. The van der Waals surface area contributed by atoms with Crippen molar-refractivity contribution in [1.82, 2.24) is 0 Å². The van der Waals surface area contributed by atoms with Crippen LogP contribution in [-0.2, 0) is 0 Å². The molecule has 0 aliphatic rings. The molecule has 0 radical (unpaired) electrons. The smallest absolute Gasteiger partial charge is 0.0553 e. The molecular weight excluding hydrogens is 252 g/mol. The molecule has 1 nitrogen and oxygen atoms in total. The van der Waals surface area contributed by atoms with Crippen LogP contribution in [0.25, 0.3) is 0 Å². The maximum absolute atomic E-state index is 9.45. The number of unbranched alkanes of at least 4 members (excludes halogenated alkanes) is 4. The lowest BCUT2D eigenvalue weighted by Crippen LogP contribution is -2.08. The zero-order chi connectivity index (χ0) is 13.9. The van der Waals surface area contributed by atoms with Crippen LogP contribution in [0.4, 0.5) is 0 Å². The predicted molar refractivity (Wildman–Crippen MR) is 85.8 cm³/mol. The van der Waals surface area contributed by atoms with E-state index in [1.165, 1.54) is 36.1 Å². The Morgan fingerprint density at radius 1 is 1.16 bits per heavy atom. The Bertz CT molecular complexity index is 345. The number of allylic oxidation sites excluding steroid dienone is 1. The molecule has 1 aromatic rings. The molecule has 0 saturated carbocycles. The molecule has 0 amide bonds. The van der Waals surface area contributed by atoms with Crippen LogP contribution in [0, 0.1) is 6.92 Å². The maximum atomic E-state index is 9.45. The normalized spacial score (nSPS) is 12.3. The van der Waals surface area contributed by atoms with E-state index in [9.17, 15) is 5.11 Å². The molecule has 19 heavy (non-hydrogen) atoms. The lowest BCUT2D eigenvalue weighted by Gasteiger charge is -2.13. The molecule has 0 heterocycles. The summed E-state index contributed by atoms with van der Waals surface area (Å²) in [5.74, 6) is 0. The zero-order valence-corrected chi connectivity index (χ0v) is 12.8. The third kappa shape index (κ3) is 7.44. The fourth-order valence-electron chi connectivity index (χ4n) is 2.01. The average molecular weight is 278 g/mol. The van der Waals surface area contributed by atoms with E-state index in [0.29, 0.717) is 5.25 Å². The van der Waals surface area contributed by atoms with Gasteiger partial charge >= 0.3 is 0 Å². The highest BCUT2D eigenvalue weighted by molar-refractivity contribution is 8.00. The van der Waals surface area contributed by atoms with Gasteiger partial charge in [-0.3, -0.25) is 0 Å². The summed E-state index contributed by atoms with van der Waals surface area (Å²) < 4.78 is 0. The molecule has 0 bridgehead atoms. The molecule has 1 unspecified atom stereocenters. The van der Waals surface area contributed by atoms with E-state index in [0.717, 1.165) is 12.8 Å². The van der Waals surface area contributed by atoms with Gasteiger partial charge in [0.2, 0.25) is 0 Å². The van der Waals surface area contributed by atoms with Crippen LogP contribution < -0.4 is 0 Å². The average Bonchev–Trinajstić information content (AvgIpc) is 2.43. The highest BCUT2D eigenvalue weighted by Gasteiger charge is 2.08. The van der Waals surface area contributed by atoms with Gasteiger partial charge in [-0.05, 0) is 38.3 Å². The largest absolute Gasteiger partial charge is 0.395 e. The third-order valence-electron chi connectivity index (χ3n) is 3.21. The highest BCUT2D eigenvalue weighted by atomic mass is 32.2. The number of aryl methyl sites for hydroxylation is 1. The second-order valence-electron chi connectivity index (χ2n) is 5.02. The first kappa shape index (κ1) is 16.3. The molecule has 1 rings (SSSR count). The van der Waals surface area contributed by atoms with Gasteiger partial charge in [-0.15, -0.1) is 18.3 Å². The second-order valence-corrected chi connectivity index (χ2v) is 6.39. The minimum absolute atomic E-state index is 0.269. The van der Waals surface area contributed by atoms with Gasteiger partial charge in [0.25, 0.3) is 0 Å². The molecule has 1 atom stereocenters. The number of aliphatic hydroxyl groups excluding tert-OH is 1. The van der Waals surface area contributed by atoms with Crippen LogP contribution in [0.15, 0.2) is 41.8 Å². The summed E-state index contributed by atoms with van der Waals surface area (Å²) in [4.78, 5) is 1.26. The second kappa shape index (κ2) is 10.1. The first-order chi connectivity index (χ1) is 9.26. The number of benzene rings is 1. The van der Waals surface area contributed by atoms with E-state index in [1.807, 2.05) is 6.08 Å². The van der Waals surface area contributed by atoms with Crippen molar-refractivity contribution in [1.29, 1.82) is 0 Å². The van der Waals surface area contributed by atoms with Crippen LogP contribution in [0.2, 0.25) is 0 Å². The van der Waals surface area contributed by atoms with Crippen LogP contribution in [0.5, 0.6) is 0 Å². The number of thioether (sulfide) groups is 1. The quantitative estimate of drug-likeness (QED) is 0.370. The number of rotatable bonds is 10. The molecule has 1 N–H and O–H groups in total. The minimum Gasteiger partial charge on any atom is -0.395 e. The first-order valence-corrected chi connectivity index (χ1v) is 8.09. The van der Waals surface area contributed by atoms with E-state index in [1.54, 1.807) is 11.8 Å². The SMILES string of the molecule is C=CCCCCCCC(CO)Sc1ccc(C)cc1. The van der Waals surface area contributed by atoms with Crippen molar-refractivity contribution >= 4 is 11.8 Å². The minimum atomic E-state index is 0.269. The van der Waals surface area contributed by atoms with E-state index in [2.05, 4.69) is 37.8 Å². The van der Waals surface area contributed by atoms with Crippen LogP contribution >= 0.6 is 11.8 Å². The molecular formula is C17H26OS. The standard InChI is InChI=1S/C17H26OS/c1-3-4-5-6-7-8-9-17(14-18)19-16-12-10-15(2)11-13-16/h3,10-13,17-18H,1,4-9,14H2,2H3. The summed E-state index contributed by atoms with van der Waals surface area (Å²) in [7, 11) is 0. The number of hydrogen-bond acceptors (Lipinski definition) is 2. The van der Waals surface area contributed by atoms with Crippen LogP contribution in [-0.4, -0.2) is 17.0 Å². The van der Waals surface area contributed by atoms with E-state index >= 15 is 0 Å². The van der Waals surface area contributed by atoms with Crippen molar-refractivity contribution in [3.05, 3.63) is 42.5 Å². The van der Waals surface area contributed by atoms with Gasteiger partial charge < -0.3 is 5.11 Å². The fraction of sp³-hybridized carbons (Fsp3) is 0.529. The van der Waals surface area contributed by atoms with Crippen LogP contribution in [0.1, 0.15) is 44.1 Å². The summed E-state index contributed by atoms with van der Waals surface area (Å²) in [5, 5.41) is 9.78. The number of hydrogen-bond donors (Lipinski definition) is 1. The Morgan fingerprint density at radius 2 is 1.84 bits per heavy atom. The van der Waals surface area contributed by atoms with E-state index < -0.39 is 0 Å². The van der Waals surface area contributed by atoms with Gasteiger partial charge in [0.15, 0.2) is 0 Å². The Morgan fingerprint density at radius 3 is 2.47 bits per heavy atom. The van der Waals surface area contributed by atoms with Gasteiger partial charge in [0.1, 0.15) is 0 Å². The topological polar surface area (TPSA) is 20.2 Å². The van der Waals surface area contributed by atoms with Gasteiger partial charge in [-0.2, -0.15) is 0 Å². The monoisotopic (exact) mass is 278 g/mol. The van der Waals surface area contributed by atoms with Crippen molar-refractivity contribution in [2.45, 2.75) is 55.6 Å². The molecule has 0 fully saturated rings. The van der Waals surface area contributed by atoms with E-state index in [-0.39, 0.29) is 6.61 Å². The Labute approximate surface area is 122 Å². The third-order valence-corrected chi connectivity index (χ3v) is 4.47. The van der Waals surface area contributed by atoms with Crippen molar-refractivity contribution in [2.75, 3.05) is 6.61 Å². The lowest BCUT2D eigenvalue weighted by molar-refractivity contribution is 0.288. The maximum Gasteiger partial charge on any atom is 0.0553 e. The molecule has 106 valence electrons. The zero-order valence-electron chi connectivity index (χ0n) is 12.0. The Kier molecular flexibility index (Phi) is 8.68. The Balaban J connectivity index is 2.22. The predicted octanol–water partition coefficient (Wildman–Crippen LogP) is 4.97. The molecule has 1 aromatic carbocycles. The van der Waals surface area contributed by atoms with Gasteiger partial charge in [-0.25, -0.2) is 0 Å². The molecule has 2 heteroatoms.